The maximum atomic E-state index is 12.9. The largest absolute Gasteiger partial charge is 0.326 e. The summed E-state index contributed by atoms with van der Waals surface area (Å²) in [6.07, 6.45) is 1.10. The van der Waals surface area contributed by atoms with Gasteiger partial charge in [-0.1, -0.05) is 66.7 Å². The maximum absolute atomic E-state index is 12.9. The number of nitrogens with zero attached hydrogens (tertiary/aromatic N) is 1. The molecule has 0 fully saturated rings. The fraction of sp³-hybridized carbons (Fsp3) is 0.154. The zero-order valence-corrected chi connectivity index (χ0v) is 16.8. The summed E-state index contributed by atoms with van der Waals surface area (Å²) in [5.74, 6) is -0.0196. The molecule has 4 rings (SSSR count). The lowest BCUT2D eigenvalue weighted by molar-refractivity contribution is -0.115. The molecule has 0 atom stereocenters. The van der Waals surface area contributed by atoms with Gasteiger partial charge < -0.3 is 5.32 Å². The van der Waals surface area contributed by atoms with Crippen molar-refractivity contribution in [2.24, 2.45) is 0 Å². The quantitative estimate of drug-likeness (QED) is 0.488. The van der Waals surface area contributed by atoms with Crippen molar-refractivity contribution in [3.63, 3.8) is 0 Å². The first-order chi connectivity index (χ1) is 14.1. The highest BCUT2D eigenvalue weighted by Gasteiger charge is 2.14. The topological polar surface area (TPSA) is 42.0 Å². The van der Waals surface area contributed by atoms with Gasteiger partial charge in [0.1, 0.15) is 0 Å². The third kappa shape index (κ3) is 4.19. The van der Waals surface area contributed by atoms with Crippen molar-refractivity contribution in [2.45, 2.75) is 26.7 Å². The molecule has 1 aromatic heterocycles. The summed E-state index contributed by atoms with van der Waals surface area (Å²) in [4.78, 5) is 17.6. The third-order valence-corrected chi connectivity index (χ3v) is 5.35. The predicted molar refractivity (Wildman–Crippen MR) is 119 cm³/mol. The molecule has 3 aromatic carbocycles. The zero-order valence-electron chi connectivity index (χ0n) is 16.8. The Labute approximate surface area is 171 Å². The van der Waals surface area contributed by atoms with Crippen molar-refractivity contribution in [1.29, 1.82) is 0 Å². The summed E-state index contributed by atoms with van der Waals surface area (Å²) < 4.78 is 0. The number of rotatable bonds is 5. The summed E-state index contributed by atoms with van der Waals surface area (Å²) in [5, 5.41) is 4.22. The SMILES string of the molecule is Cc1nc2ccccc2c(C)c1CC(=O)Nc1ccccc1Cc1ccccc1. The lowest BCUT2D eigenvalue weighted by Crippen LogP contribution is -2.17. The van der Waals surface area contributed by atoms with E-state index in [4.69, 9.17) is 0 Å². The van der Waals surface area contributed by atoms with Crippen molar-refractivity contribution in [1.82, 2.24) is 4.98 Å². The molecule has 1 heterocycles. The molecule has 0 aliphatic heterocycles. The third-order valence-electron chi connectivity index (χ3n) is 5.35. The Bertz CT molecular complexity index is 1170. The molecule has 4 aromatic rings. The predicted octanol–water partition coefficient (Wildman–Crippen LogP) is 5.62. The summed E-state index contributed by atoms with van der Waals surface area (Å²) in [7, 11) is 0. The molecule has 1 N–H and O–H groups in total. The molecule has 0 radical (unpaired) electrons. The summed E-state index contributed by atoms with van der Waals surface area (Å²) in [6.45, 7) is 4.05. The van der Waals surface area contributed by atoms with E-state index >= 15 is 0 Å². The average molecular weight is 380 g/mol. The van der Waals surface area contributed by atoms with E-state index in [1.165, 1.54) is 5.56 Å². The fourth-order valence-corrected chi connectivity index (χ4v) is 3.80. The van der Waals surface area contributed by atoms with E-state index in [1.807, 2.05) is 61.5 Å². The molecule has 0 saturated heterocycles. The minimum absolute atomic E-state index is 0.0196. The second-order valence-corrected chi connectivity index (χ2v) is 7.36. The van der Waals surface area contributed by atoms with Gasteiger partial charge in [-0.25, -0.2) is 0 Å². The van der Waals surface area contributed by atoms with E-state index in [1.54, 1.807) is 0 Å². The minimum Gasteiger partial charge on any atom is -0.326 e. The van der Waals surface area contributed by atoms with Crippen molar-refractivity contribution < 1.29 is 4.79 Å². The standard InChI is InChI=1S/C26H24N2O/c1-18-22-13-7-9-15-25(22)27-19(2)23(18)17-26(29)28-24-14-8-6-12-21(24)16-20-10-4-3-5-11-20/h3-15H,16-17H2,1-2H3,(H,28,29). The molecule has 0 saturated carbocycles. The zero-order chi connectivity index (χ0) is 20.2. The smallest absolute Gasteiger partial charge is 0.228 e. The van der Waals surface area contributed by atoms with Crippen LogP contribution in [0.1, 0.15) is 27.9 Å². The number of amides is 1. The molecule has 0 unspecified atom stereocenters. The molecule has 0 aliphatic rings. The van der Waals surface area contributed by atoms with Crippen LogP contribution in [0.4, 0.5) is 5.69 Å². The average Bonchev–Trinajstić information content (AvgIpc) is 2.73. The van der Waals surface area contributed by atoms with E-state index in [0.717, 1.165) is 45.4 Å². The second kappa shape index (κ2) is 8.27. The highest BCUT2D eigenvalue weighted by atomic mass is 16.1. The number of para-hydroxylation sites is 2. The number of aryl methyl sites for hydroxylation is 2. The van der Waals surface area contributed by atoms with Crippen molar-refractivity contribution in [2.75, 3.05) is 5.32 Å². The van der Waals surface area contributed by atoms with Gasteiger partial charge in [0.2, 0.25) is 5.91 Å². The van der Waals surface area contributed by atoms with E-state index < -0.39 is 0 Å². The maximum Gasteiger partial charge on any atom is 0.228 e. The van der Waals surface area contributed by atoms with Gasteiger partial charge in [0.05, 0.1) is 11.9 Å². The summed E-state index contributed by atoms with van der Waals surface area (Å²) >= 11 is 0. The van der Waals surface area contributed by atoms with Crippen LogP contribution in [0.15, 0.2) is 78.9 Å². The normalized spacial score (nSPS) is 10.8. The van der Waals surface area contributed by atoms with Gasteiger partial charge in [0.15, 0.2) is 0 Å². The first-order valence-electron chi connectivity index (χ1n) is 9.88. The number of anilines is 1. The molecule has 3 heteroatoms. The molecule has 144 valence electrons. The van der Waals surface area contributed by atoms with Gasteiger partial charge in [0, 0.05) is 16.8 Å². The number of nitrogens with one attached hydrogen (secondary N) is 1. The molecule has 1 amide bonds. The van der Waals surface area contributed by atoms with Crippen LogP contribution in [-0.4, -0.2) is 10.9 Å². The van der Waals surface area contributed by atoms with Crippen LogP contribution in [-0.2, 0) is 17.6 Å². The molecular weight excluding hydrogens is 356 g/mol. The Morgan fingerprint density at radius 3 is 2.38 bits per heavy atom. The van der Waals surface area contributed by atoms with Crippen molar-refractivity contribution in [3.8, 4) is 0 Å². The number of hydrogen-bond acceptors (Lipinski definition) is 2. The van der Waals surface area contributed by atoms with Gasteiger partial charge in [-0.2, -0.15) is 0 Å². The molecule has 0 aliphatic carbocycles. The van der Waals surface area contributed by atoms with Gasteiger partial charge in [-0.15, -0.1) is 0 Å². The van der Waals surface area contributed by atoms with Gasteiger partial charge >= 0.3 is 0 Å². The summed E-state index contributed by atoms with van der Waals surface area (Å²) in [6, 6.07) is 26.4. The van der Waals surface area contributed by atoms with Crippen LogP contribution in [0, 0.1) is 13.8 Å². The highest BCUT2D eigenvalue weighted by Crippen LogP contribution is 2.24. The number of carbonyl (C=O) groups excluding carboxylic acids is 1. The number of carbonyl (C=O) groups is 1. The van der Waals surface area contributed by atoms with E-state index in [9.17, 15) is 4.79 Å². The lowest BCUT2D eigenvalue weighted by Gasteiger charge is -2.14. The Kier molecular flexibility index (Phi) is 5.39. The molecular formula is C26H24N2O. The van der Waals surface area contributed by atoms with Crippen LogP contribution < -0.4 is 5.32 Å². The van der Waals surface area contributed by atoms with E-state index in [0.29, 0.717) is 6.42 Å². The Balaban J connectivity index is 1.56. The summed E-state index contributed by atoms with van der Waals surface area (Å²) in [5.41, 5.74) is 7.21. The number of benzene rings is 3. The van der Waals surface area contributed by atoms with Gasteiger partial charge in [0.25, 0.3) is 0 Å². The molecule has 0 bridgehead atoms. The Morgan fingerprint density at radius 2 is 1.55 bits per heavy atom. The monoisotopic (exact) mass is 380 g/mol. The number of hydrogen-bond donors (Lipinski definition) is 1. The van der Waals surface area contributed by atoms with Crippen LogP contribution in [0.3, 0.4) is 0 Å². The van der Waals surface area contributed by atoms with Crippen molar-refractivity contribution in [3.05, 3.63) is 107 Å². The fourth-order valence-electron chi connectivity index (χ4n) is 3.80. The first kappa shape index (κ1) is 18.9. The van der Waals surface area contributed by atoms with Crippen LogP contribution in [0.25, 0.3) is 10.9 Å². The second-order valence-electron chi connectivity index (χ2n) is 7.36. The molecule has 0 spiro atoms. The van der Waals surface area contributed by atoms with Crippen LogP contribution >= 0.6 is 0 Å². The van der Waals surface area contributed by atoms with Gasteiger partial charge in [-0.3, -0.25) is 9.78 Å². The van der Waals surface area contributed by atoms with E-state index in [-0.39, 0.29) is 5.91 Å². The van der Waals surface area contributed by atoms with E-state index in [2.05, 4.69) is 41.5 Å². The Morgan fingerprint density at radius 1 is 0.862 bits per heavy atom. The first-order valence-corrected chi connectivity index (χ1v) is 9.88. The Hall–Kier alpha value is -3.46. The lowest BCUT2D eigenvalue weighted by atomic mass is 9.99. The number of aromatic nitrogens is 1. The van der Waals surface area contributed by atoms with Crippen LogP contribution in [0.5, 0.6) is 0 Å². The van der Waals surface area contributed by atoms with Crippen molar-refractivity contribution >= 4 is 22.5 Å². The highest BCUT2D eigenvalue weighted by molar-refractivity contribution is 5.94. The van der Waals surface area contributed by atoms with Crippen LogP contribution in [0.2, 0.25) is 0 Å². The molecule has 29 heavy (non-hydrogen) atoms. The van der Waals surface area contributed by atoms with Gasteiger partial charge in [-0.05, 0) is 54.7 Å². The minimum atomic E-state index is -0.0196. The number of fused-ring (bicyclic) bond motifs is 1. The number of pyridine rings is 1. The molecule has 3 nitrogen and oxygen atoms in total.